The van der Waals surface area contributed by atoms with Crippen LogP contribution in [-0.2, 0) is 4.79 Å². The number of hydrogen-bond acceptors (Lipinski definition) is 4. The number of carbonyl (C=O) groups excluding carboxylic acids is 2. The van der Waals surface area contributed by atoms with Crippen molar-refractivity contribution in [2.45, 2.75) is 57.1 Å². The molecule has 1 atom stereocenters. The van der Waals surface area contributed by atoms with E-state index in [1.165, 1.54) is 0 Å². The minimum atomic E-state index is -0.410. The SMILES string of the molecule is O=C(N1CCN(c2cccc(Cl)c2)CC1)N1CCC[C@@]2(CCN([C@H]3CC[C@H](O)CC3)C2=O)C1. The number of likely N-dealkylation sites (tertiary alicyclic amines) is 2. The van der Waals surface area contributed by atoms with Crippen molar-refractivity contribution in [1.29, 1.82) is 0 Å². The molecule has 1 aromatic carbocycles. The summed E-state index contributed by atoms with van der Waals surface area (Å²) >= 11 is 6.14. The number of piperidine rings is 1. The van der Waals surface area contributed by atoms with Crippen LogP contribution in [0.2, 0.25) is 5.02 Å². The Hall–Kier alpha value is -1.99. The van der Waals surface area contributed by atoms with Crippen molar-refractivity contribution in [1.82, 2.24) is 14.7 Å². The third kappa shape index (κ3) is 4.54. The lowest BCUT2D eigenvalue weighted by Gasteiger charge is -2.43. The Bertz CT molecular complexity index is 882. The van der Waals surface area contributed by atoms with Crippen molar-refractivity contribution in [3.63, 3.8) is 0 Å². The van der Waals surface area contributed by atoms with Crippen LogP contribution in [0, 0.1) is 5.41 Å². The van der Waals surface area contributed by atoms with E-state index in [9.17, 15) is 14.7 Å². The smallest absolute Gasteiger partial charge is 0.320 e. The minimum absolute atomic E-state index is 0.0758. The van der Waals surface area contributed by atoms with Gasteiger partial charge in [-0.25, -0.2) is 4.79 Å². The average Bonchev–Trinajstić information content (AvgIpc) is 3.14. The first-order valence-electron chi connectivity index (χ1n) is 12.5. The fraction of sp³-hybridized carbons (Fsp3) is 0.680. The molecule has 4 fully saturated rings. The molecule has 1 spiro atoms. The molecule has 3 saturated heterocycles. The summed E-state index contributed by atoms with van der Waals surface area (Å²) in [4.78, 5) is 35.1. The van der Waals surface area contributed by atoms with Crippen molar-refractivity contribution >= 4 is 29.2 Å². The van der Waals surface area contributed by atoms with Crippen LogP contribution in [0.15, 0.2) is 24.3 Å². The zero-order valence-corrected chi connectivity index (χ0v) is 20.1. The fourth-order valence-electron chi connectivity index (χ4n) is 6.27. The highest BCUT2D eigenvalue weighted by Crippen LogP contribution is 2.42. The van der Waals surface area contributed by atoms with Crippen LogP contribution in [0.1, 0.15) is 44.9 Å². The Balaban J connectivity index is 1.19. The van der Waals surface area contributed by atoms with Gasteiger partial charge in [-0.2, -0.15) is 0 Å². The molecule has 3 heterocycles. The van der Waals surface area contributed by atoms with Crippen LogP contribution in [0.25, 0.3) is 0 Å². The summed E-state index contributed by atoms with van der Waals surface area (Å²) in [6.45, 7) is 5.00. The van der Waals surface area contributed by atoms with Crippen LogP contribution in [-0.4, -0.2) is 89.7 Å². The highest BCUT2D eigenvalue weighted by Gasteiger charge is 2.51. The molecule has 0 unspecified atom stereocenters. The maximum atomic E-state index is 13.5. The van der Waals surface area contributed by atoms with Gasteiger partial charge in [0.2, 0.25) is 5.91 Å². The predicted molar refractivity (Wildman–Crippen MR) is 128 cm³/mol. The molecule has 1 saturated carbocycles. The molecular formula is C25H35ClN4O3. The first-order chi connectivity index (χ1) is 15.9. The van der Waals surface area contributed by atoms with Gasteiger partial charge in [-0.05, 0) is 63.1 Å². The lowest BCUT2D eigenvalue weighted by atomic mass is 9.78. The van der Waals surface area contributed by atoms with E-state index in [1.807, 2.05) is 28.0 Å². The zero-order valence-electron chi connectivity index (χ0n) is 19.3. The number of benzene rings is 1. The summed E-state index contributed by atoms with van der Waals surface area (Å²) in [6.07, 6.45) is 5.75. The Morgan fingerprint density at radius 2 is 1.73 bits per heavy atom. The number of piperazine rings is 1. The van der Waals surface area contributed by atoms with E-state index in [-0.39, 0.29) is 24.1 Å². The Kier molecular flexibility index (Phi) is 6.45. The van der Waals surface area contributed by atoms with Crippen molar-refractivity contribution in [2.24, 2.45) is 5.41 Å². The molecule has 3 amide bonds. The number of amides is 3. The van der Waals surface area contributed by atoms with Crippen molar-refractivity contribution in [3.8, 4) is 0 Å². The quantitative estimate of drug-likeness (QED) is 0.714. The number of urea groups is 1. The lowest BCUT2D eigenvalue weighted by Crippen LogP contribution is -2.57. The van der Waals surface area contributed by atoms with Gasteiger partial charge in [0.15, 0.2) is 0 Å². The van der Waals surface area contributed by atoms with Crippen molar-refractivity contribution < 1.29 is 14.7 Å². The standard InChI is InChI=1S/C25H35ClN4O3/c26-19-3-1-4-21(17-19)27-13-15-28(16-14-27)24(33)29-11-2-9-25(18-29)10-12-30(23(25)32)20-5-7-22(31)8-6-20/h1,3-4,17,20,22,31H,2,5-16,18H2/t20-,22-,25-/m1/s1. The topological polar surface area (TPSA) is 67.3 Å². The molecule has 180 valence electrons. The number of halogens is 1. The first-order valence-corrected chi connectivity index (χ1v) is 12.9. The maximum Gasteiger partial charge on any atom is 0.320 e. The minimum Gasteiger partial charge on any atom is -0.393 e. The molecule has 1 N–H and O–H groups in total. The van der Waals surface area contributed by atoms with Gasteiger partial charge in [-0.1, -0.05) is 17.7 Å². The number of aliphatic hydroxyl groups is 1. The highest BCUT2D eigenvalue weighted by molar-refractivity contribution is 6.30. The van der Waals surface area contributed by atoms with Crippen LogP contribution in [0.5, 0.6) is 0 Å². The Morgan fingerprint density at radius 1 is 0.970 bits per heavy atom. The summed E-state index contributed by atoms with van der Waals surface area (Å²) in [5, 5.41) is 10.6. The van der Waals surface area contributed by atoms with E-state index in [4.69, 9.17) is 11.6 Å². The zero-order chi connectivity index (χ0) is 23.0. The van der Waals surface area contributed by atoms with E-state index in [2.05, 4.69) is 15.9 Å². The molecule has 4 aliphatic rings. The molecule has 5 rings (SSSR count). The van der Waals surface area contributed by atoms with E-state index in [0.29, 0.717) is 19.6 Å². The van der Waals surface area contributed by atoms with Gasteiger partial charge in [0.1, 0.15) is 0 Å². The maximum absolute atomic E-state index is 13.5. The fourth-order valence-corrected chi connectivity index (χ4v) is 6.45. The third-order valence-electron chi connectivity index (χ3n) is 8.22. The molecule has 1 aliphatic carbocycles. The van der Waals surface area contributed by atoms with Crippen molar-refractivity contribution in [2.75, 3.05) is 50.7 Å². The molecule has 0 radical (unpaired) electrons. The Labute approximate surface area is 201 Å². The van der Waals surface area contributed by atoms with E-state index in [1.54, 1.807) is 0 Å². The summed E-state index contributed by atoms with van der Waals surface area (Å²) < 4.78 is 0. The number of anilines is 1. The largest absolute Gasteiger partial charge is 0.393 e. The van der Waals surface area contributed by atoms with Gasteiger partial charge >= 0.3 is 6.03 Å². The summed E-state index contributed by atoms with van der Waals surface area (Å²) in [7, 11) is 0. The van der Waals surface area contributed by atoms with Gasteiger partial charge < -0.3 is 24.7 Å². The second kappa shape index (κ2) is 9.34. The summed E-state index contributed by atoms with van der Waals surface area (Å²) in [5.74, 6) is 0.243. The Morgan fingerprint density at radius 3 is 2.45 bits per heavy atom. The molecule has 0 bridgehead atoms. The van der Waals surface area contributed by atoms with E-state index in [0.717, 1.165) is 81.8 Å². The second-order valence-corrected chi connectivity index (χ2v) is 10.7. The van der Waals surface area contributed by atoms with Crippen LogP contribution in [0.4, 0.5) is 10.5 Å². The van der Waals surface area contributed by atoms with E-state index < -0.39 is 5.41 Å². The molecular weight excluding hydrogens is 440 g/mol. The predicted octanol–water partition coefficient (Wildman–Crippen LogP) is 3.20. The number of carbonyl (C=O) groups is 2. The van der Waals surface area contributed by atoms with Crippen LogP contribution < -0.4 is 4.90 Å². The third-order valence-corrected chi connectivity index (χ3v) is 8.46. The number of aliphatic hydroxyl groups excluding tert-OH is 1. The van der Waals surface area contributed by atoms with Gasteiger partial charge in [-0.15, -0.1) is 0 Å². The summed E-state index contributed by atoms with van der Waals surface area (Å²) in [5.41, 5.74) is 0.686. The second-order valence-electron chi connectivity index (χ2n) is 10.3. The van der Waals surface area contributed by atoms with Crippen LogP contribution in [0.3, 0.4) is 0 Å². The monoisotopic (exact) mass is 474 g/mol. The normalized spacial score (nSPS) is 30.9. The first kappa shape index (κ1) is 22.8. The number of rotatable bonds is 2. The summed E-state index contributed by atoms with van der Waals surface area (Å²) in [6, 6.07) is 8.19. The van der Waals surface area contributed by atoms with Gasteiger partial charge in [-0.3, -0.25) is 4.79 Å². The van der Waals surface area contributed by atoms with Gasteiger partial charge in [0.05, 0.1) is 11.5 Å². The van der Waals surface area contributed by atoms with Crippen molar-refractivity contribution in [3.05, 3.63) is 29.3 Å². The average molecular weight is 475 g/mol. The number of nitrogens with zero attached hydrogens (tertiary/aromatic N) is 4. The van der Waals surface area contributed by atoms with Gasteiger partial charge in [0.25, 0.3) is 0 Å². The molecule has 33 heavy (non-hydrogen) atoms. The molecule has 7 nitrogen and oxygen atoms in total. The molecule has 8 heteroatoms. The molecule has 0 aromatic heterocycles. The lowest BCUT2D eigenvalue weighted by molar-refractivity contribution is -0.141. The number of hydrogen-bond donors (Lipinski definition) is 1. The molecule has 3 aliphatic heterocycles. The highest BCUT2D eigenvalue weighted by atomic mass is 35.5. The van der Waals surface area contributed by atoms with Gasteiger partial charge in [0, 0.05) is 62.6 Å². The van der Waals surface area contributed by atoms with E-state index >= 15 is 0 Å². The molecule has 1 aromatic rings. The van der Waals surface area contributed by atoms with Crippen LogP contribution >= 0.6 is 11.6 Å².